The molecule has 0 spiro atoms. The molecule has 1 aliphatic rings. The Hall–Kier alpha value is -2.42. The zero-order valence-corrected chi connectivity index (χ0v) is 12.4. The highest BCUT2D eigenvalue weighted by molar-refractivity contribution is 5.52. The lowest BCUT2D eigenvalue weighted by molar-refractivity contribution is 0.398. The van der Waals surface area contributed by atoms with E-state index in [9.17, 15) is 9.50 Å². The number of rotatable bonds is 3. The monoisotopic (exact) mass is 295 g/mol. The van der Waals surface area contributed by atoms with Gasteiger partial charge >= 0.3 is 0 Å². The van der Waals surface area contributed by atoms with E-state index in [2.05, 4.69) is 18.0 Å². The quantitative estimate of drug-likeness (QED) is 0.912. The predicted molar refractivity (Wildman–Crippen MR) is 85.1 cm³/mol. The molecule has 1 aliphatic carbocycles. The van der Waals surface area contributed by atoms with Crippen molar-refractivity contribution in [3.63, 3.8) is 0 Å². The second-order valence-corrected chi connectivity index (χ2v) is 5.50. The summed E-state index contributed by atoms with van der Waals surface area (Å²) in [7, 11) is 0. The van der Waals surface area contributed by atoms with Crippen LogP contribution in [0.15, 0.2) is 66.9 Å². The van der Waals surface area contributed by atoms with Gasteiger partial charge in [0.2, 0.25) is 0 Å². The van der Waals surface area contributed by atoms with Crippen molar-refractivity contribution < 1.29 is 9.50 Å². The number of halogens is 1. The number of aromatic hydroxyl groups is 1. The molecule has 22 heavy (non-hydrogen) atoms. The van der Waals surface area contributed by atoms with Gasteiger partial charge in [0.15, 0.2) is 0 Å². The van der Waals surface area contributed by atoms with E-state index in [1.54, 1.807) is 6.20 Å². The van der Waals surface area contributed by atoms with E-state index >= 15 is 0 Å². The number of allylic oxidation sites excluding steroid dienone is 4. The van der Waals surface area contributed by atoms with Gasteiger partial charge in [0.05, 0.1) is 11.1 Å². The Morgan fingerprint density at radius 2 is 2.09 bits per heavy atom. The van der Waals surface area contributed by atoms with Crippen molar-refractivity contribution in [1.29, 1.82) is 0 Å². The van der Waals surface area contributed by atoms with Crippen LogP contribution in [0, 0.1) is 11.7 Å². The maximum Gasteiger partial charge on any atom is 0.123 e. The first-order chi connectivity index (χ1) is 10.7. The fraction of sp³-hybridized carbons (Fsp3) is 0.211. The van der Waals surface area contributed by atoms with Crippen molar-refractivity contribution in [3.05, 3.63) is 84.0 Å². The van der Waals surface area contributed by atoms with E-state index in [-0.39, 0.29) is 17.5 Å². The molecule has 3 rings (SSSR count). The van der Waals surface area contributed by atoms with Gasteiger partial charge in [-0.2, -0.15) is 0 Å². The van der Waals surface area contributed by atoms with Crippen LogP contribution < -0.4 is 0 Å². The predicted octanol–water partition coefficient (Wildman–Crippen LogP) is 4.36. The number of hydrogen-bond acceptors (Lipinski definition) is 2. The lowest BCUT2D eigenvalue weighted by Gasteiger charge is -2.38. The number of benzene rings is 1. The number of phenolic OH excluding ortho intramolecular Hbond substituents is 1. The molecule has 2 unspecified atom stereocenters. The molecule has 1 aromatic heterocycles. The molecule has 1 aromatic carbocycles. The van der Waals surface area contributed by atoms with Crippen LogP contribution >= 0.6 is 0 Å². The van der Waals surface area contributed by atoms with Gasteiger partial charge in [0, 0.05) is 11.8 Å². The van der Waals surface area contributed by atoms with Gasteiger partial charge in [0.1, 0.15) is 11.6 Å². The first-order valence-corrected chi connectivity index (χ1v) is 7.45. The summed E-state index contributed by atoms with van der Waals surface area (Å²) in [5.74, 6) is -0.175. The van der Waals surface area contributed by atoms with Crippen molar-refractivity contribution >= 4 is 0 Å². The molecule has 0 saturated heterocycles. The van der Waals surface area contributed by atoms with Gasteiger partial charge in [0.25, 0.3) is 0 Å². The van der Waals surface area contributed by atoms with Crippen LogP contribution in [-0.4, -0.2) is 10.1 Å². The van der Waals surface area contributed by atoms with E-state index < -0.39 is 5.41 Å². The van der Waals surface area contributed by atoms with Crippen molar-refractivity contribution in [1.82, 2.24) is 4.98 Å². The number of hydrogen-bond donors (Lipinski definition) is 1. The summed E-state index contributed by atoms with van der Waals surface area (Å²) < 4.78 is 13.8. The van der Waals surface area contributed by atoms with Crippen LogP contribution in [0.4, 0.5) is 4.39 Å². The van der Waals surface area contributed by atoms with E-state index in [4.69, 9.17) is 0 Å². The summed E-state index contributed by atoms with van der Waals surface area (Å²) in [6.07, 6.45) is 10.6. The summed E-state index contributed by atoms with van der Waals surface area (Å²) in [5, 5.41) is 10.4. The van der Waals surface area contributed by atoms with Crippen molar-refractivity contribution in [2.75, 3.05) is 0 Å². The van der Waals surface area contributed by atoms with E-state index in [0.29, 0.717) is 5.56 Å². The van der Waals surface area contributed by atoms with Crippen LogP contribution in [0.25, 0.3) is 0 Å². The van der Waals surface area contributed by atoms with Crippen LogP contribution in [0.1, 0.15) is 24.6 Å². The molecule has 0 fully saturated rings. The largest absolute Gasteiger partial charge is 0.508 e. The summed E-state index contributed by atoms with van der Waals surface area (Å²) >= 11 is 0. The minimum atomic E-state index is -0.656. The third-order valence-electron chi connectivity index (χ3n) is 4.33. The van der Waals surface area contributed by atoms with E-state index in [0.717, 1.165) is 12.1 Å². The van der Waals surface area contributed by atoms with Gasteiger partial charge in [-0.05, 0) is 42.7 Å². The van der Waals surface area contributed by atoms with Gasteiger partial charge in [-0.15, -0.1) is 0 Å². The van der Waals surface area contributed by atoms with Gasteiger partial charge in [-0.25, -0.2) is 4.39 Å². The average Bonchev–Trinajstić information content (AvgIpc) is 2.57. The molecule has 0 aliphatic heterocycles. The Kier molecular flexibility index (Phi) is 3.80. The Labute approximate surface area is 129 Å². The van der Waals surface area contributed by atoms with Gasteiger partial charge in [-0.3, -0.25) is 4.98 Å². The van der Waals surface area contributed by atoms with Crippen LogP contribution in [0.3, 0.4) is 0 Å². The first-order valence-electron chi connectivity index (χ1n) is 7.45. The molecule has 2 nitrogen and oxygen atoms in total. The maximum absolute atomic E-state index is 13.8. The molecular weight excluding hydrogens is 277 g/mol. The van der Waals surface area contributed by atoms with Crippen molar-refractivity contribution in [2.24, 2.45) is 5.92 Å². The third-order valence-corrected chi connectivity index (χ3v) is 4.33. The molecule has 3 heteroatoms. The third kappa shape index (κ3) is 2.23. The highest BCUT2D eigenvalue weighted by Crippen LogP contribution is 2.47. The molecular formula is C19H18FNO. The number of aromatic nitrogens is 1. The van der Waals surface area contributed by atoms with Crippen molar-refractivity contribution in [3.8, 4) is 5.75 Å². The molecule has 112 valence electrons. The fourth-order valence-electron chi connectivity index (χ4n) is 3.29. The summed E-state index contributed by atoms with van der Waals surface area (Å²) in [6, 6.07) is 9.79. The minimum Gasteiger partial charge on any atom is -0.508 e. The van der Waals surface area contributed by atoms with Crippen LogP contribution in [-0.2, 0) is 5.41 Å². The molecule has 2 atom stereocenters. The molecule has 0 amide bonds. The van der Waals surface area contributed by atoms with E-state index in [1.165, 1.54) is 18.2 Å². The Morgan fingerprint density at radius 3 is 2.82 bits per heavy atom. The number of nitrogens with zero attached hydrogens (tertiary/aromatic N) is 1. The highest BCUT2D eigenvalue weighted by atomic mass is 19.1. The second-order valence-electron chi connectivity index (χ2n) is 5.50. The zero-order chi connectivity index (χ0) is 15.6. The first kappa shape index (κ1) is 14.5. The van der Waals surface area contributed by atoms with Crippen molar-refractivity contribution in [2.45, 2.75) is 18.8 Å². The Balaban J connectivity index is 2.31. The number of phenols is 1. The fourth-order valence-corrected chi connectivity index (χ4v) is 3.29. The van der Waals surface area contributed by atoms with E-state index in [1.807, 2.05) is 36.4 Å². The highest BCUT2D eigenvalue weighted by Gasteiger charge is 2.42. The topological polar surface area (TPSA) is 33.1 Å². The summed E-state index contributed by atoms with van der Waals surface area (Å²) in [5.41, 5.74) is 0.707. The summed E-state index contributed by atoms with van der Waals surface area (Å²) in [4.78, 5) is 4.50. The Morgan fingerprint density at radius 1 is 1.23 bits per heavy atom. The lowest BCUT2D eigenvalue weighted by Crippen LogP contribution is -2.35. The molecule has 2 aromatic rings. The standard InChI is InChI=1S/C19H18FNO/c1-2-14-7-3-5-11-19(14,18-8-4-6-12-21-18)16-13-15(20)9-10-17(16)22/h3-14,22H,2H2,1H3. The number of pyridine rings is 1. The van der Waals surface area contributed by atoms with Gasteiger partial charge in [-0.1, -0.05) is 37.3 Å². The molecule has 0 saturated carbocycles. The molecule has 1 heterocycles. The molecule has 0 bridgehead atoms. The zero-order valence-electron chi connectivity index (χ0n) is 12.4. The normalized spacial score (nSPS) is 23.6. The smallest absolute Gasteiger partial charge is 0.123 e. The second kappa shape index (κ2) is 5.76. The molecule has 1 N–H and O–H groups in total. The molecule has 0 radical (unpaired) electrons. The lowest BCUT2D eigenvalue weighted by atomic mass is 9.64. The summed E-state index contributed by atoms with van der Waals surface area (Å²) in [6.45, 7) is 2.09. The SMILES string of the molecule is CCC1C=CC=CC1(c1ccccn1)c1cc(F)ccc1O. The van der Waals surface area contributed by atoms with Crippen LogP contribution in [0.5, 0.6) is 5.75 Å². The average molecular weight is 295 g/mol. The van der Waals surface area contributed by atoms with Crippen LogP contribution in [0.2, 0.25) is 0 Å². The van der Waals surface area contributed by atoms with Gasteiger partial charge < -0.3 is 5.11 Å². The Bertz CT molecular complexity index is 723. The maximum atomic E-state index is 13.8. The minimum absolute atomic E-state index is 0.0884.